The van der Waals surface area contributed by atoms with E-state index in [2.05, 4.69) is 16.5 Å². The Balaban J connectivity index is 1.64. The first-order valence-electron chi connectivity index (χ1n) is 8.61. The highest BCUT2D eigenvalue weighted by molar-refractivity contribution is 7.92. The van der Waals surface area contributed by atoms with Crippen molar-refractivity contribution in [3.05, 3.63) is 58.6 Å². The van der Waals surface area contributed by atoms with Crippen LogP contribution in [0.2, 0.25) is 5.02 Å². The number of carbonyl (C=O) groups is 1. The minimum absolute atomic E-state index is 0.0524. The van der Waals surface area contributed by atoms with E-state index in [0.717, 1.165) is 30.6 Å². The largest absolute Gasteiger partial charge is 0.368 e. The maximum atomic E-state index is 12.7. The number of sulfonamides is 1. The van der Waals surface area contributed by atoms with Crippen LogP contribution < -0.4 is 9.62 Å². The Morgan fingerprint density at radius 3 is 2.26 bits per heavy atom. The number of hydrogen-bond donors (Lipinski definition) is 1. The van der Waals surface area contributed by atoms with Gasteiger partial charge in [0.2, 0.25) is 10.0 Å². The van der Waals surface area contributed by atoms with Crippen molar-refractivity contribution in [1.82, 2.24) is 4.90 Å². The fraction of sp³-hybridized carbons (Fsp3) is 0.316. The number of aryl methyl sites for hydroxylation is 1. The van der Waals surface area contributed by atoms with Gasteiger partial charge in [-0.15, -0.1) is 0 Å². The second-order valence-electron chi connectivity index (χ2n) is 6.66. The Morgan fingerprint density at radius 2 is 1.67 bits per heavy atom. The van der Waals surface area contributed by atoms with Crippen molar-refractivity contribution in [1.29, 1.82) is 0 Å². The first kappa shape index (κ1) is 19.5. The van der Waals surface area contributed by atoms with Crippen molar-refractivity contribution in [3.8, 4) is 0 Å². The number of anilines is 2. The van der Waals surface area contributed by atoms with Gasteiger partial charge in [-0.25, -0.2) is 8.42 Å². The summed E-state index contributed by atoms with van der Waals surface area (Å²) in [5.74, 6) is -0.0524. The number of amides is 1. The number of rotatable bonds is 4. The van der Waals surface area contributed by atoms with E-state index in [4.69, 9.17) is 11.6 Å². The van der Waals surface area contributed by atoms with Gasteiger partial charge in [-0.2, -0.15) is 0 Å². The van der Waals surface area contributed by atoms with Crippen LogP contribution >= 0.6 is 11.6 Å². The molecule has 0 unspecified atom stereocenters. The Kier molecular flexibility index (Phi) is 5.62. The first-order valence-corrected chi connectivity index (χ1v) is 10.9. The van der Waals surface area contributed by atoms with Crippen molar-refractivity contribution in [2.24, 2.45) is 0 Å². The van der Waals surface area contributed by atoms with Crippen LogP contribution in [-0.2, 0) is 10.0 Å². The summed E-state index contributed by atoms with van der Waals surface area (Å²) in [6.45, 7) is 4.76. The molecule has 6 nitrogen and oxygen atoms in total. The molecule has 0 bridgehead atoms. The average molecular weight is 408 g/mol. The van der Waals surface area contributed by atoms with E-state index in [9.17, 15) is 13.2 Å². The summed E-state index contributed by atoms with van der Waals surface area (Å²) in [6.07, 6.45) is 1.09. The summed E-state index contributed by atoms with van der Waals surface area (Å²) in [6, 6.07) is 12.3. The SMILES string of the molecule is Cc1ccc(Cl)cc1N1CCN(C(=O)c2ccc(NS(C)(=O)=O)cc2)CC1. The standard InChI is InChI=1S/C19H22ClN3O3S/c1-14-3-6-16(20)13-18(14)22-9-11-23(12-10-22)19(24)15-4-7-17(8-5-15)21-27(2,25)26/h3-8,13,21H,9-12H2,1-2H3. The molecule has 1 saturated heterocycles. The third kappa shape index (κ3) is 4.93. The van der Waals surface area contributed by atoms with Gasteiger partial charge in [0, 0.05) is 48.1 Å². The molecule has 0 spiro atoms. The topological polar surface area (TPSA) is 69.7 Å². The molecule has 2 aromatic carbocycles. The third-order valence-electron chi connectivity index (χ3n) is 4.51. The van der Waals surface area contributed by atoms with Crippen LogP contribution in [0.3, 0.4) is 0 Å². The first-order chi connectivity index (χ1) is 12.7. The van der Waals surface area contributed by atoms with Crippen molar-refractivity contribution < 1.29 is 13.2 Å². The normalized spacial score (nSPS) is 14.9. The van der Waals surface area contributed by atoms with Gasteiger partial charge in [0.25, 0.3) is 5.91 Å². The van der Waals surface area contributed by atoms with Gasteiger partial charge in [0.15, 0.2) is 0 Å². The molecule has 1 aliphatic rings. The van der Waals surface area contributed by atoms with Crippen LogP contribution in [0.25, 0.3) is 0 Å². The number of nitrogens with one attached hydrogen (secondary N) is 1. The summed E-state index contributed by atoms with van der Waals surface area (Å²) in [7, 11) is -3.33. The quantitative estimate of drug-likeness (QED) is 0.845. The zero-order valence-corrected chi connectivity index (χ0v) is 16.8. The molecule has 144 valence electrons. The number of nitrogens with zero attached hydrogens (tertiary/aromatic N) is 2. The lowest BCUT2D eigenvalue weighted by atomic mass is 10.1. The summed E-state index contributed by atoms with van der Waals surface area (Å²) in [5.41, 5.74) is 3.25. The van der Waals surface area contributed by atoms with Gasteiger partial charge < -0.3 is 9.80 Å². The molecule has 1 aliphatic heterocycles. The fourth-order valence-electron chi connectivity index (χ4n) is 3.15. The van der Waals surface area contributed by atoms with E-state index < -0.39 is 10.0 Å². The second kappa shape index (κ2) is 7.78. The average Bonchev–Trinajstić information content (AvgIpc) is 2.63. The summed E-state index contributed by atoms with van der Waals surface area (Å²) >= 11 is 6.11. The van der Waals surface area contributed by atoms with E-state index in [1.54, 1.807) is 24.3 Å². The lowest BCUT2D eigenvalue weighted by Crippen LogP contribution is -2.49. The molecule has 1 fully saturated rings. The highest BCUT2D eigenvalue weighted by atomic mass is 35.5. The molecular weight excluding hydrogens is 386 g/mol. The summed E-state index contributed by atoms with van der Waals surface area (Å²) in [4.78, 5) is 16.8. The summed E-state index contributed by atoms with van der Waals surface area (Å²) in [5, 5.41) is 0.705. The van der Waals surface area contributed by atoms with E-state index in [-0.39, 0.29) is 5.91 Å². The number of halogens is 1. The van der Waals surface area contributed by atoms with Crippen LogP contribution in [0.15, 0.2) is 42.5 Å². The van der Waals surface area contributed by atoms with Gasteiger partial charge >= 0.3 is 0 Å². The maximum Gasteiger partial charge on any atom is 0.253 e. The highest BCUT2D eigenvalue weighted by Gasteiger charge is 2.23. The molecule has 0 aliphatic carbocycles. The zero-order chi connectivity index (χ0) is 19.6. The maximum absolute atomic E-state index is 12.7. The van der Waals surface area contributed by atoms with Crippen molar-refractivity contribution >= 4 is 38.9 Å². The Hall–Kier alpha value is -2.25. The minimum atomic E-state index is -3.33. The lowest BCUT2D eigenvalue weighted by molar-refractivity contribution is 0.0747. The molecule has 0 atom stereocenters. The minimum Gasteiger partial charge on any atom is -0.368 e. The number of piperazine rings is 1. The monoisotopic (exact) mass is 407 g/mol. The molecular formula is C19H22ClN3O3S. The number of benzene rings is 2. The number of carbonyl (C=O) groups excluding carboxylic acids is 1. The zero-order valence-electron chi connectivity index (χ0n) is 15.3. The van der Waals surface area contributed by atoms with Crippen LogP contribution in [0.4, 0.5) is 11.4 Å². The van der Waals surface area contributed by atoms with E-state index in [0.29, 0.717) is 29.4 Å². The fourth-order valence-corrected chi connectivity index (χ4v) is 3.88. The molecule has 0 saturated carbocycles. The molecule has 3 rings (SSSR count). The highest BCUT2D eigenvalue weighted by Crippen LogP contribution is 2.25. The molecule has 1 heterocycles. The van der Waals surface area contributed by atoms with E-state index in [1.165, 1.54) is 0 Å². The number of hydrogen-bond acceptors (Lipinski definition) is 4. The van der Waals surface area contributed by atoms with Crippen molar-refractivity contribution in [3.63, 3.8) is 0 Å². The predicted molar refractivity (Wildman–Crippen MR) is 109 cm³/mol. The Labute approximate surface area is 164 Å². The van der Waals surface area contributed by atoms with Crippen molar-refractivity contribution in [2.75, 3.05) is 42.1 Å². The molecule has 1 amide bonds. The second-order valence-corrected chi connectivity index (χ2v) is 8.85. The Bertz CT molecular complexity index is 937. The van der Waals surface area contributed by atoms with Crippen LogP contribution in [0.5, 0.6) is 0 Å². The predicted octanol–water partition coefficient (Wildman–Crippen LogP) is 2.98. The van der Waals surface area contributed by atoms with Gasteiger partial charge in [0.1, 0.15) is 0 Å². The summed E-state index contributed by atoms with van der Waals surface area (Å²) < 4.78 is 24.9. The third-order valence-corrected chi connectivity index (χ3v) is 5.36. The van der Waals surface area contributed by atoms with E-state index in [1.807, 2.05) is 23.1 Å². The van der Waals surface area contributed by atoms with Crippen LogP contribution in [0.1, 0.15) is 15.9 Å². The van der Waals surface area contributed by atoms with E-state index >= 15 is 0 Å². The molecule has 1 N–H and O–H groups in total. The molecule has 27 heavy (non-hydrogen) atoms. The van der Waals surface area contributed by atoms with Gasteiger partial charge in [0.05, 0.1) is 6.26 Å². The van der Waals surface area contributed by atoms with Gasteiger partial charge in [-0.05, 0) is 48.9 Å². The molecule has 2 aromatic rings. The van der Waals surface area contributed by atoms with Gasteiger partial charge in [-0.3, -0.25) is 9.52 Å². The van der Waals surface area contributed by atoms with Crippen molar-refractivity contribution in [2.45, 2.75) is 6.92 Å². The van der Waals surface area contributed by atoms with Gasteiger partial charge in [-0.1, -0.05) is 17.7 Å². The van der Waals surface area contributed by atoms with Crippen LogP contribution in [-0.4, -0.2) is 51.7 Å². The molecule has 8 heteroatoms. The molecule has 0 aromatic heterocycles. The van der Waals surface area contributed by atoms with Crippen LogP contribution in [0, 0.1) is 6.92 Å². The Morgan fingerprint density at radius 1 is 1.04 bits per heavy atom. The molecule has 0 radical (unpaired) electrons. The smallest absolute Gasteiger partial charge is 0.253 e. The lowest BCUT2D eigenvalue weighted by Gasteiger charge is -2.37.